The van der Waals surface area contributed by atoms with Gasteiger partial charge in [0, 0.05) is 6.42 Å². The van der Waals surface area contributed by atoms with Gasteiger partial charge in [-0.3, -0.25) is 19.2 Å². The molecule has 11 nitrogen and oxygen atoms in total. The van der Waals surface area contributed by atoms with E-state index in [1.165, 1.54) is 23.9 Å². The summed E-state index contributed by atoms with van der Waals surface area (Å²) in [6.45, 7) is -1.45. The number of hydrogen-bond donors (Lipinski definition) is 7. The average Bonchev–Trinajstić information content (AvgIpc) is 2.74. The zero-order valence-electron chi connectivity index (χ0n) is 17.0. The number of aromatic hydroxyl groups is 1. The molecular formula is C19H28N4O7S. The Morgan fingerprint density at radius 3 is 2.19 bits per heavy atom. The summed E-state index contributed by atoms with van der Waals surface area (Å²) in [4.78, 5) is 47.8. The van der Waals surface area contributed by atoms with Crippen molar-refractivity contribution in [3.05, 3.63) is 29.8 Å². The first-order valence-electron chi connectivity index (χ1n) is 9.41. The number of carbonyl (C=O) groups is 4. The first-order chi connectivity index (χ1) is 14.7. The summed E-state index contributed by atoms with van der Waals surface area (Å²) in [5, 5.41) is 34.4. The Labute approximate surface area is 183 Å². The molecule has 1 aromatic carbocycles. The summed E-state index contributed by atoms with van der Waals surface area (Å²) in [6.07, 6.45) is 2.30. The van der Waals surface area contributed by atoms with Crippen molar-refractivity contribution >= 4 is 35.5 Å². The second-order valence-corrected chi connectivity index (χ2v) is 7.66. The lowest BCUT2D eigenvalue weighted by atomic mass is 10.0. The predicted octanol–water partition coefficient (Wildman–Crippen LogP) is -1.82. The molecule has 0 saturated carbocycles. The van der Waals surface area contributed by atoms with Gasteiger partial charge in [-0.25, -0.2) is 0 Å². The molecule has 1 aromatic rings. The van der Waals surface area contributed by atoms with Crippen LogP contribution in [-0.2, 0) is 25.6 Å². The molecule has 0 radical (unpaired) electrons. The Morgan fingerprint density at radius 2 is 1.65 bits per heavy atom. The van der Waals surface area contributed by atoms with Crippen LogP contribution in [0.25, 0.3) is 0 Å². The molecule has 0 heterocycles. The molecule has 0 fully saturated rings. The summed E-state index contributed by atoms with van der Waals surface area (Å²) >= 11 is 1.52. The number of aliphatic hydroxyl groups is 1. The third kappa shape index (κ3) is 9.68. The number of thioether (sulfide) groups is 1. The fourth-order valence-corrected chi connectivity index (χ4v) is 2.97. The lowest BCUT2D eigenvalue weighted by molar-refractivity contribution is -0.139. The molecule has 0 bridgehead atoms. The Bertz CT molecular complexity index is 760. The fourth-order valence-electron chi connectivity index (χ4n) is 2.48. The lowest BCUT2D eigenvalue weighted by Crippen LogP contribution is -2.57. The van der Waals surface area contributed by atoms with Crippen molar-refractivity contribution in [3.8, 4) is 5.75 Å². The molecule has 0 aliphatic carbocycles. The number of rotatable bonds is 13. The molecule has 172 valence electrons. The van der Waals surface area contributed by atoms with Gasteiger partial charge in [0.2, 0.25) is 17.7 Å². The number of carboxylic acid groups (broad SMARTS) is 1. The Hall–Kier alpha value is -2.83. The zero-order chi connectivity index (χ0) is 23.4. The monoisotopic (exact) mass is 456 g/mol. The van der Waals surface area contributed by atoms with Crippen molar-refractivity contribution in [2.75, 3.05) is 25.2 Å². The van der Waals surface area contributed by atoms with E-state index in [0.717, 1.165) is 0 Å². The molecular weight excluding hydrogens is 428 g/mol. The minimum atomic E-state index is -1.41. The highest BCUT2D eigenvalue weighted by atomic mass is 32.2. The van der Waals surface area contributed by atoms with E-state index in [-0.39, 0.29) is 12.2 Å². The molecule has 3 amide bonds. The normalized spacial score (nSPS) is 13.5. The van der Waals surface area contributed by atoms with Crippen LogP contribution in [0.5, 0.6) is 5.75 Å². The number of nitrogens with one attached hydrogen (secondary N) is 3. The molecule has 0 aliphatic heterocycles. The molecule has 0 aromatic heterocycles. The first kappa shape index (κ1) is 26.2. The first-order valence-corrected chi connectivity index (χ1v) is 10.8. The third-order valence-corrected chi connectivity index (χ3v) is 4.85. The van der Waals surface area contributed by atoms with Crippen molar-refractivity contribution in [2.24, 2.45) is 5.73 Å². The van der Waals surface area contributed by atoms with E-state index in [2.05, 4.69) is 16.0 Å². The van der Waals surface area contributed by atoms with Crippen molar-refractivity contribution < 1.29 is 34.5 Å². The van der Waals surface area contributed by atoms with Crippen molar-refractivity contribution in [3.63, 3.8) is 0 Å². The number of phenols is 1. The molecule has 1 rings (SSSR count). The van der Waals surface area contributed by atoms with Gasteiger partial charge in [0.25, 0.3) is 0 Å². The quantitative estimate of drug-likeness (QED) is 0.179. The van der Waals surface area contributed by atoms with Gasteiger partial charge in [-0.2, -0.15) is 11.8 Å². The van der Waals surface area contributed by atoms with E-state index in [0.29, 0.717) is 17.7 Å². The lowest BCUT2D eigenvalue weighted by Gasteiger charge is -2.23. The van der Waals surface area contributed by atoms with Gasteiger partial charge >= 0.3 is 5.97 Å². The van der Waals surface area contributed by atoms with E-state index < -0.39 is 55.0 Å². The maximum atomic E-state index is 12.8. The van der Waals surface area contributed by atoms with Crippen molar-refractivity contribution in [1.29, 1.82) is 0 Å². The smallest absolute Gasteiger partial charge is 0.322 e. The SMILES string of the molecule is CSCCC(N)C(=O)NC(Cc1ccc(O)cc1)C(=O)NC(CO)C(=O)NCC(=O)O. The number of benzene rings is 1. The van der Waals surface area contributed by atoms with Gasteiger partial charge in [-0.1, -0.05) is 12.1 Å². The number of phenolic OH excluding ortho intramolecular Hbond substituents is 1. The zero-order valence-corrected chi connectivity index (χ0v) is 17.9. The van der Waals surface area contributed by atoms with Gasteiger partial charge in [-0.15, -0.1) is 0 Å². The van der Waals surface area contributed by atoms with Crippen LogP contribution in [0.2, 0.25) is 0 Å². The van der Waals surface area contributed by atoms with E-state index in [1.54, 1.807) is 12.1 Å². The van der Waals surface area contributed by atoms with Gasteiger partial charge in [0.1, 0.15) is 24.4 Å². The third-order valence-electron chi connectivity index (χ3n) is 4.21. The van der Waals surface area contributed by atoms with Gasteiger partial charge in [0.05, 0.1) is 12.6 Å². The largest absolute Gasteiger partial charge is 0.508 e. The number of hydrogen-bond acceptors (Lipinski definition) is 8. The predicted molar refractivity (Wildman–Crippen MR) is 114 cm³/mol. The van der Waals surface area contributed by atoms with Crippen LogP contribution in [0.3, 0.4) is 0 Å². The van der Waals surface area contributed by atoms with Crippen molar-refractivity contribution in [2.45, 2.75) is 31.0 Å². The van der Waals surface area contributed by atoms with Crippen LogP contribution in [0.1, 0.15) is 12.0 Å². The van der Waals surface area contributed by atoms with Crippen LogP contribution in [0.15, 0.2) is 24.3 Å². The Morgan fingerprint density at radius 1 is 1.03 bits per heavy atom. The highest BCUT2D eigenvalue weighted by Crippen LogP contribution is 2.12. The molecule has 3 unspecified atom stereocenters. The minimum absolute atomic E-state index is 0.0298. The summed E-state index contributed by atoms with van der Waals surface area (Å²) in [5.41, 5.74) is 6.48. The Kier molecular flexibility index (Phi) is 11.4. The van der Waals surface area contributed by atoms with Gasteiger partial charge < -0.3 is 37.0 Å². The standard InChI is InChI=1S/C19H28N4O7S/c1-31-7-6-13(20)17(28)22-14(8-11-2-4-12(25)5-3-11)19(30)23-15(10-24)18(29)21-9-16(26)27/h2-5,13-15,24-25H,6-10,20H2,1H3,(H,21,29)(H,22,28)(H,23,30)(H,26,27). The maximum Gasteiger partial charge on any atom is 0.322 e. The number of carboxylic acids is 1. The Balaban J connectivity index is 2.92. The molecule has 31 heavy (non-hydrogen) atoms. The summed E-state index contributed by atoms with van der Waals surface area (Å²) in [6, 6.07) is 2.61. The second kappa shape index (κ2) is 13.5. The van der Waals surface area contributed by atoms with Crippen LogP contribution in [-0.4, -0.2) is 82.3 Å². The minimum Gasteiger partial charge on any atom is -0.508 e. The summed E-state index contributed by atoms with van der Waals surface area (Å²) in [5.74, 6) is -2.80. The highest BCUT2D eigenvalue weighted by molar-refractivity contribution is 7.98. The maximum absolute atomic E-state index is 12.8. The summed E-state index contributed by atoms with van der Waals surface area (Å²) < 4.78 is 0. The number of aliphatic hydroxyl groups excluding tert-OH is 1. The number of carbonyl (C=O) groups excluding carboxylic acids is 3. The van der Waals surface area contributed by atoms with E-state index in [4.69, 9.17) is 10.8 Å². The van der Waals surface area contributed by atoms with Crippen molar-refractivity contribution in [1.82, 2.24) is 16.0 Å². The summed E-state index contributed by atoms with van der Waals surface area (Å²) in [7, 11) is 0. The molecule has 12 heteroatoms. The van der Waals surface area contributed by atoms with Crippen LogP contribution < -0.4 is 21.7 Å². The number of amides is 3. The van der Waals surface area contributed by atoms with E-state index in [1.807, 2.05) is 6.26 Å². The average molecular weight is 457 g/mol. The van der Waals surface area contributed by atoms with Crippen LogP contribution in [0, 0.1) is 0 Å². The van der Waals surface area contributed by atoms with Gasteiger partial charge in [0.15, 0.2) is 0 Å². The topological polar surface area (TPSA) is 191 Å². The molecule has 0 aliphatic rings. The van der Waals surface area contributed by atoms with Crippen LogP contribution in [0.4, 0.5) is 0 Å². The molecule has 8 N–H and O–H groups in total. The second-order valence-electron chi connectivity index (χ2n) is 6.68. The number of nitrogens with two attached hydrogens (primary N) is 1. The van der Waals surface area contributed by atoms with Crippen LogP contribution >= 0.6 is 11.8 Å². The molecule has 0 spiro atoms. The molecule has 0 saturated heterocycles. The van der Waals surface area contributed by atoms with Gasteiger partial charge in [-0.05, 0) is 36.1 Å². The number of aliphatic carboxylic acids is 1. The van der Waals surface area contributed by atoms with E-state index in [9.17, 15) is 29.4 Å². The van der Waals surface area contributed by atoms with E-state index >= 15 is 0 Å². The fraction of sp³-hybridized carbons (Fsp3) is 0.474. The molecule has 3 atom stereocenters. The highest BCUT2D eigenvalue weighted by Gasteiger charge is 2.28.